The van der Waals surface area contributed by atoms with Crippen LogP contribution in [-0.2, 0) is 19.0 Å². The van der Waals surface area contributed by atoms with E-state index in [1.54, 1.807) is 0 Å². The van der Waals surface area contributed by atoms with Crippen LogP contribution in [0.15, 0.2) is 0 Å². The lowest BCUT2D eigenvalue weighted by atomic mass is 9.61. The second kappa shape index (κ2) is 12.0. The van der Waals surface area contributed by atoms with Gasteiger partial charge in [-0.25, -0.2) is 0 Å². The topological polar surface area (TPSA) is 77.0 Å². The van der Waals surface area contributed by atoms with Gasteiger partial charge in [-0.2, -0.15) is 0 Å². The lowest BCUT2D eigenvalue weighted by molar-refractivity contribution is -0.161. The van der Waals surface area contributed by atoms with Crippen molar-refractivity contribution >= 4 is 5.91 Å². The Balaban J connectivity index is 1.42. The first-order chi connectivity index (χ1) is 13.0. The molecule has 3 saturated carbocycles. The van der Waals surface area contributed by atoms with Crippen molar-refractivity contribution < 1.29 is 24.1 Å². The summed E-state index contributed by atoms with van der Waals surface area (Å²) in [4.78, 5) is 11.3. The lowest BCUT2D eigenvalue weighted by Gasteiger charge is -2.51. The van der Waals surface area contributed by atoms with E-state index in [2.05, 4.69) is 19.2 Å². The van der Waals surface area contributed by atoms with Crippen molar-refractivity contribution in [3.8, 4) is 0 Å². The molecule has 0 spiro atoms. The Labute approximate surface area is 164 Å². The van der Waals surface area contributed by atoms with E-state index in [0.29, 0.717) is 52.4 Å². The third-order valence-electron chi connectivity index (χ3n) is 5.72. The van der Waals surface area contributed by atoms with Crippen LogP contribution in [0.5, 0.6) is 0 Å². The average Bonchev–Trinajstić information content (AvgIpc) is 2.58. The van der Waals surface area contributed by atoms with Gasteiger partial charge in [0.15, 0.2) is 0 Å². The smallest absolute Gasteiger partial charge is 0.220 e. The number of aliphatic hydroxyl groups excluding tert-OH is 1. The van der Waals surface area contributed by atoms with Crippen molar-refractivity contribution in [3.05, 3.63) is 0 Å². The highest BCUT2D eigenvalue weighted by Gasteiger charge is 2.47. The Morgan fingerprint density at radius 2 is 1.70 bits per heavy atom. The highest BCUT2D eigenvalue weighted by atomic mass is 16.6. The molecule has 2 N–H and O–H groups in total. The molecule has 0 heterocycles. The Bertz CT molecular complexity index is 423. The van der Waals surface area contributed by atoms with Crippen LogP contribution < -0.4 is 5.32 Å². The zero-order valence-corrected chi connectivity index (χ0v) is 17.2. The van der Waals surface area contributed by atoms with Crippen molar-refractivity contribution in [3.63, 3.8) is 0 Å². The monoisotopic (exact) mass is 385 g/mol. The van der Waals surface area contributed by atoms with Gasteiger partial charge in [0.25, 0.3) is 0 Å². The summed E-state index contributed by atoms with van der Waals surface area (Å²) in [5.41, 5.74) is 0.123. The van der Waals surface area contributed by atoms with Crippen molar-refractivity contribution in [1.29, 1.82) is 0 Å². The van der Waals surface area contributed by atoms with E-state index in [-0.39, 0.29) is 18.1 Å². The van der Waals surface area contributed by atoms with E-state index in [9.17, 15) is 4.79 Å². The first-order valence-electron chi connectivity index (χ1n) is 10.7. The molecule has 0 aromatic rings. The van der Waals surface area contributed by atoms with Crippen LogP contribution in [0.3, 0.4) is 0 Å². The number of carbonyl (C=O) groups is 1. The summed E-state index contributed by atoms with van der Waals surface area (Å²) in [5.74, 6) is 2.43. The van der Waals surface area contributed by atoms with E-state index in [4.69, 9.17) is 19.3 Å². The van der Waals surface area contributed by atoms with E-state index < -0.39 is 0 Å². The SMILES string of the molecule is CC1CC(C)CC2(OCCOCCOCCNC(=O)CCCO)CC(C1)C2. The van der Waals surface area contributed by atoms with Gasteiger partial charge in [0.2, 0.25) is 5.91 Å². The molecular weight excluding hydrogens is 346 g/mol. The van der Waals surface area contributed by atoms with Gasteiger partial charge in [-0.05, 0) is 56.3 Å². The second-order valence-electron chi connectivity index (χ2n) is 8.59. The van der Waals surface area contributed by atoms with Crippen LogP contribution in [0.1, 0.15) is 58.8 Å². The highest BCUT2D eigenvalue weighted by molar-refractivity contribution is 5.75. The van der Waals surface area contributed by atoms with E-state index in [0.717, 1.165) is 17.8 Å². The molecule has 158 valence electrons. The van der Waals surface area contributed by atoms with Gasteiger partial charge in [-0.3, -0.25) is 4.79 Å². The number of fused-ring (bicyclic) bond motifs is 4. The standard InChI is InChI=1S/C21H39NO5/c1-17-12-18(2)14-21(15-19(13-17)16-21)27-11-10-26-9-8-25-7-5-22-20(24)4-3-6-23/h17-19,23H,3-16H2,1-2H3,(H,22,24). The number of ether oxygens (including phenoxy) is 3. The molecule has 0 aromatic carbocycles. The molecular formula is C21H39NO5. The second-order valence-corrected chi connectivity index (χ2v) is 8.59. The summed E-state index contributed by atoms with van der Waals surface area (Å²) in [5, 5.41) is 11.4. The minimum Gasteiger partial charge on any atom is -0.396 e. The zero-order chi connectivity index (χ0) is 19.5. The Hall–Kier alpha value is -0.690. The number of hydrogen-bond donors (Lipinski definition) is 2. The van der Waals surface area contributed by atoms with E-state index >= 15 is 0 Å². The third-order valence-corrected chi connectivity index (χ3v) is 5.72. The van der Waals surface area contributed by atoms with Crippen molar-refractivity contribution in [2.24, 2.45) is 17.8 Å². The summed E-state index contributed by atoms with van der Waals surface area (Å²) in [6.45, 7) is 8.12. The fourth-order valence-electron chi connectivity index (χ4n) is 4.80. The van der Waals surface area contributed by atoms with Crippen molar-refractivity contribution in [1.82, 2.24) is 5.32 Å². The summed E-state index contributed by atoms with van der Waals surface area (Å²) in [6, 6.07) is 0. The molecule has 2 unspecified atom stereocenters. The fourth-order valence-corrected chi connectivity index (χ4v) is 4.80. The predicted octanol–water partition coefficient (Wildman–Crippen LogP) is 2.53. The Morgan fingerprint density at radius 3 is 2.44 bits per heavy atom. The first kappa shape index (κ1) is 22.6. The van der Waals surface area contributed by atoms with Gasteiger partial charge in [0.1, 0.15) is 0 Å². The molecule has 3 rings (SSSR count). The predicted molar refractivity (Wildman–Crippen MR) is 105 cm³/mol. The number of amides is 1. The zero-order valence-electron chi connectivity index (χ0n) is 17.2. The molecule has 3 aliphatic rings. The molecule has 1 amide bonds. The fraction of sp³-hybridized carbons (Fsp3) is 0.952. The number of nitrogens with one attached hydrogen (secondary N) is 1. The third kappa shape index (κ3) is 8.46. The summed E-state index contributed by atoms with van der Waals surface area (Å²) >= 11 is 0. The maximum absolute atomic E-state index is 11.3. The number of hydrogen-bond acceptors (Lipinski definition) is 5. The molecule has 6 heteroatoms. The molecule has 2 atom stereocenters. The minimum absolute atomic E-state index is 0.0448. The molecule has 6 nitrogen and oxygen atoms in total. The van der Waals surface area contributed by atoms with Crippen LogP contribution in [0.2, 0.25) is 0 Å². The van der Waals surface area contributed by atoms with Crippen molar-refractivity contribution in [2.45, 2.75) is 64.4 Å². The molecule has 0 saturated heterocycles. The molecule has 3 fully saturated rings. The highest BCUT2D eigenvalue weighted by Crippen LogP contribution is 2.50. The lowest BCUT2D eigenvalue weighted by Crippen LogP contribution is -2.49. The molecule has 0 aromatic heterocycles. The molecule has 2 bridgehead atoms. The quantitative estimate of drug-likeness (QED) is 0.477. The normalized spacial score (nSPS) is 30.3. The molecule has 0 aliphatic heterocycles. The van der Waals surface area contributed by atoms with Gasteiger partial charge in [-0.15, -0.1) is 0 Å². The number of aliphatic hydroxyl groups is 1. The van der Waals surface area contributed by atoms with Gasteiger partial charge in [0, 0.05) is 19.6 Å². The van der Waals surface area contributed by atoms with Gasteiger partial charge >= 0.3 is 0 Å². The minimum atomic E-state index is -0.0448. The number of carbonyl (C=O) groups excluding carboxylic acids is 1. The number of rotatable bonds is 13. The van der Waals surface area contributed by atoms with Crippen LogP contribution in [-0.4, -0.2) is 62.8 Å². The Morgan fingerprint density at radius 1 is 1.00 bits per heavy atom. The Kier molecular flexibility index (Phi) is 10.0. The maximum Gasteiger partial charge on any atom is 0.220 e. The molecule has 0 radical (unpaired) electrons. The summed E-state index contributed by atoms with van der Waals surface area (Å²) in [7, 11) is 0. The maximum atomic E-state index is 11.3. The van der Waals surface area contributed by atoms with Crippen LogP contribution >= 0.6 is 0 Å². The van der Waals surface area contributed by atoms with Crippen LogP contribution in [0.4, 0.5) is 0 Å². The van der Waals surface area contributed by atoms with Gasteiger partial charge in [0.05, 0.1) is 38.6 Å². The first-order valence-corrected chi connectivity index (χ1v) is 10.7. The van der Waals surface area contributed by atoms with Gasteiger partial charge < -0.3 is 24.6 Å². The van der Waals surface area contributed by atoms with Crippen LogP contribution in [0.25, 0.3) is 0 Å². The van der Waals surface area contributed by atoms with E-state index in [1.165, 1.54) is 32.1 Å². The average molecular weight is 386 g/mol. The molecule has 3 aliphatic carbocycles. The van der Waals surface area contributed by atoms with Crippen molar-refractivity contribution in [2.75, 3.05) is 46.2 Å². The summed E-state index contributed by atoms with van der Waals surface area (Å²) < 4.78 is 17.3. The van der Waals surface area contributed by atoms with Crippen LogP contribution in [0, 0.1) is 17.8 Å². The molecule has 27 heavy (non-hydrogen) atoms. The van der Waals surface area contributed by atoms with E-state index in [1.807, 2.05) is 0 Å². The van der Waals surface area contributed by atoms with Gasteiger partial charge in [-0.1, -0.05) is 13.8 Å². The summed E-state index contributed by atoms with van der Waals surface area (Å²) in [6.07, 6.45) is 7.22. The largest absolute Gasteiger partial charge is 0.396 e.